The van der Waals surface area contributed by atoms with Gasteiger partial charge < -0.3 is 19.1 Å². The molecule has 0 aromatic heterocycles. The molecule has 1 aliphatic carbocycles. The molecule has 0 radical (unpaired) electrons. The maximum atomic E-state index is 12.8. The minimum absolute atomic E-state index is 0.0398. The summed E-state index contributed by atoms with van der Waals surface area (Å²) in [6, 6.07) is 0.0605. The summed E-state index contributed by atoms with van der Waals surface area (Å²) in [5.41, 5.74) is 0. The number of amides is 1. The van der Waals surface area contributed by atoms with Crippen LogP contribution in [0.4, 0.5) is 0 Å². The number of ketones is 1. The van der Waals surface area contributed by atoms with Crippen LogP contribution >= 0.6 is 0 Å². The molecule has 1 spiro atoms. The highest BCUT2D eigenvalue weighted by atomic mass is 16.7. The number of piperidine rings is 1. The van der Waals surface area contributed by atoms with Crippen LogP contribution in [0.15, 0.2) is 0 Å². The molecule has 4 aliphatic rings. The van der Waals surface area contributed by atoms with Gasteiger partial charge in [-0.3, -0.25) is 14.5 Å². The number of rotatable bonds is 3. The van der Waals surface area contributed by atoms with Crippen molar-refractivity contribution in [3.63, 3.8) is 0 Å². The maximum absolute atomic E-state index is 12.8. The Hall–Kier alpha value is -1.02. The van der Waals surface area contributed by atoms with Gasteiger partial charge in [-0.1, -0.05) is 0 Å². The van der Waals surface area contributed by atoms with Crippen LogP contribution in [0.5, 0.6) is 0 Å². The molecular formula is C18H28N2O5. The average molecular weight is 352 g/mol. The van der Waals surface area contributed by atoms with Crippen molar-refractivity contribution in [1.82, 2.24) is 9.80 Å². The Labute approximate surface area is 148 Å². The van der Waals surface area contributed by atoms with Gasteiger partial charge in [0.1, 0.15) is 5.78 Å². The van der Waals surface area contributed by atoms with E-state index in [2.05, 4.69) is 4.90 Å². The van der Waals surface area contributed by atoms with Gasteiger partial charge in [0.15, 0.2) is 5.79 Å². The minimum atomic E-state index is -0.450. The maximum Gasteiger partial charge on any atom is 0.236 e. The molecule has 4 rings (SSSR count). The van der Waals surface area contributed by atoms with Crippen molar-refractivity contribution in [2.45, 2.75) is 43.9 Å². The fraction of sp³-hybridized carbons (Fsp3) is 0.889. The molecule has 3 heterocycles. The topological polar surface area (TPSA) is 68.3 Å². The first-order valence-electron chi connectivity index (χ1n) is 9.57. The van der Waals surface area contributed by atoms with E-state index in [1.807, 2.05) is 4.90 Å². The van der Waals surface area contributed by atoms with Gasteiger partial charge in [0.05, 0.1) is 33.0 Å². The van der Waals surface area contributed by atoms with Gasteiger partial charge in [0.25, 0.3) is 0 Å². The highest BCUT2D eigenvalue weighted by molar-refractivity contribution is 5.84. The molecule has 4 fully saturated rings. The normalized spacial score (nSPS) is 33.3. The number of Topliss-reactive ketones (excluding diaryl/α,β-unsaturated/α-hetero) is 1. The van der Waals surface area contributed by atoms with E-state index < -0.39 is 5.79 Å². The lowest BCUT2D eigenvalue weighted by Crippen LogP contribution is -2.55. The standard InChI is InChI=1S/C18H28N2O5/c21-16-3-1-2-14(16)15-13-23-9-8-20(15)12-17(22)19-6-4-18(5-7-19)24-10-11-25-18/h14-15H,1-13H2/t14-,15-/m0/s1. The molecule has 0 N–H and O–H groups in total. The first-order valence-corrected chi connectivity index (χ1v) is 9.57. The SMILES string of the molecule is O=C1CCC[C@H]1[C@@H]1COCCN1CC(=O)N1CCC2(CC1)OCCO2. The predicted octanol–water partition coefficient (Wildman–Crippen LogP) is 0.422. The molecule has 7 heteroatoms. The van der Waals surface area contributed by atoms with Crippen molar-refractivity contribution in [1.29, 1.82) is 0 Å². The first kappa shape index (κ1) is 17.4. The quantitative estimate of drug-likeness (QED) is 0.733. The third-order valence-electron chi connectivity index (χ3n) is 6.13. The second-order valence-corrected chi connectivity index (χ2v) is 7.57. The zero-order chi connectivity index (χ0) is 17.3. The Morgan fingerprint density at radius 2 is 1.88 bits per heavy atom. The lowest BCUT2D eigenvalue weighted by molar-refractivity contribution is -0.188. The van der Waals surface area contributed by atoms with E-state index in [9.17, 15) is 9.59 Å². The Morgan fingerprint density at radius 1 is 1.12 bits per heavy atom. The second-order valence-electron chi connectivity index (χ2n) is 7.57. The number of likely N-dealkylation sites (tertiary alicyclic amines) is 1. The van der Waals surface area contributed by atoms with Crippen molar-refractivity contribution < 1.29 is 23.8 Å². The lowest BCUT2D eigenvalue weighted by atomic mass is 9.95. The summed E-state index contributed by atoms with van der Waals surface area (Å²) < 4.78 is 17.1. The zero-order valence-corrected chi connectivity index (χ0v) is 14.8. The van der Waals surface area contributed by atoms with Crippen molar-refractivity contribution in [3.8, 4) is 0 Å². The van der Waals surface area contributed by atoms with Crippen molar-refractivity contribution in [2.24, 2.45) is 5.92 Å². The number of carbonyl (C=O) groups is 2. The smallest absolute Gasteiger partial charge is 0.236 e. The van der Waals surface area contributed by atoms with Crippen LogP contribution in [0.3, 0.4) is 0 Å². The number of hydrogen-bond acceptors (Lipinski definition) is 6. The third-order valence-corrected chi connectivity index (χ3v) is 6.13. The van der Waals surface area contributed by atoms with Crippen molar-refractivity contribution >= 4 is 11.7 Å². The molecule has 0 aromatic carbocycles. The van der Waals surface area contributed by atoms with Gasteiger partial charge >= 0.3 is 0 Å². The van der Waals surface area contributed by atoms with Gasteiger partial charge in [0.2, 0.25) is 5.91 Å². The lowest BCUT2D eigenvalue weighted by Gasteiger charge is -2.41. The molecule has 25 heavy (non-hydrogen) atoms. The number of carbonyl (C=O) groups excluding carboxylic acids is 2. The monoisotopic (exact) mass is 352 g/mol. The van der Waals surface area contributed by atoms with E-state index in [0.717, 1.165) is 32.2 Å². The molecule has 3 aliphatic heterocycles. The third kappa shape index (κ3) is 3.60. The number of nitrogens with zero attached hydrogens (tertiary/aromatic N) is 2. The molecular weight excluding hydrogens is 324 g/mol. The second kappa shape index (κ2) is 7.31. The molecule has 2 atom stereocenters. The summed E-state index contributed by atoms with van der Waals surface area (Å²) in [4.78, 5) is 29.0. The summed E-state index contributed by atoms with van der Waals surface area (Å²) >= 11 is 0. The van der Waals surface area contributed by atoms with Crippen LogP contribution in [0.2, 0.25) is 0 Å². The van der Waals surface area contributed by atoms with Crippen LogP contribution in [0.25, 0.3) is 0 Å². The molecule has 3 saturated heterocycles. The summed E-state index contributed by atoms with van der Waals surface area (Å²) in [5.74, 6) is 0.0701. The molecule has 0 aromatic rings. The van der Waals surface area contributed by atoms with Gasteiger partial charge in [-0.2, -0.15) is 0 Å². The molecule has 0 bridgehead atoms. The molecule has 0 unspecified atom stereocenters. The molecule has 1 amide bonds. The van der Waals surface area contributed by atoms with Crippen LogP contribution < -0.4 is 0 Å². The van der Waals surface area contributed by atoms with Gasteiger partial charge in [-0.05, 0) is 12.8 Å². The first-order chi connectivity index (χ1) is 12.2. The summed E-state index contributed by atoms with van der Waals surface area (Å²) in [7, 11) is 0. The largest absolute Gasteiger partial charge is 0.378 e. The van der Waals surface area contributed by atoms with E-state index in [1.54, 1.807) is 0 Å². The van der Waals surface area contributed by atoms with Gasteiger partial charge in [-0.25, -0.2) is 0 Å². The molecule has 7 nitrogen and oxygen atoms in total. The highest BCUT2D eigenvalue weighted by Gasteiger charge is 2.42. The van der Waals surface area contributed by atoms with E-state index in [4.69, 9.17) is 14.2 Å². The molecule has 1 saturated carbocycles. The van der Waals surface area contributed by atoms with Crippen molar-refractivity contribution in [3.05, 3.63) is 0 Å². The Balaban J connectivity index is 1.33. The van der Waals surface area contributed by atoms with Crippen molar-refractivity contribution in [2.75, 3.05) is 52.6 Å². The Kier molecular flexibility index (Phi) is 5.08. The molecule has 140 valence electrons. The fourth-order valence-corrected chi connectivity index (χ4v) is 4.63. The summed E-state index contributed by atoms with van der Waals surface area (Å²) in [6.07, 6.45) is 4.06. The predicted molar refractivity (Wildman–Crippen MR) is 89.0 cm³/mol. The number of morpholine rings is 1. The summed E-state index contributed by atoms with van der Waals surface area (Å²) in [6.45, 7) is 4.96. The van der Waals surface area contributed by atoms with E-state index >= 15 is 0 Å². The van der Waals surface area contributed by atoms with Crippen LogP contribution in [-0.4, -0.2) is 85.9 Å². The highest BCUT2D eigenvalue weighted by Crippen LogP contribution is 2.32. The van der Waals surface area contributed by atoms with Gasteiger partial charge in [-0.15, -0.1) is 0 Å². The fourth-order valence-electron chi connectivity index (χ4n) is 4.63. The zero-order valence-electron chi connectivity index (χ0n) is 14.8. The Bertz CT molecular complexity index is 510. The van der Waals surface area contributed by atoms with E-state index in [0.29, 0.717) is 58.3 Å². The van der Waals surface area contributed by atoms with Gasteiger partial charge in [0, 0.05) is 50.9 Å². The van der Waals surface area contributed by atoms with E-state index in [-0.39, 0.29) is 17.9 Å². The van der Waals surface area contributed by atoms with E-state index in [1.165, 1.54) is 0 Å². The van der Waals surface area contributed by atoms with Crippen LogP contribution in [0.1, 0.15) is 32.1 Å². The Morgan fingerprint density at radius 3 is 2.56 bits per heavy atom. The van der Waals surface area contributed by atoms with Crippen LogP contribution in [0, 0.1) is 5.92 Å². The minimum Gasteiger partial charge on any atom is -0.378 e. The average Bonchev–Trinajstić information content (AvgIpc) is 3.25. The number of ether oxygens (including phenoxy) is 3. The number of hydrogen-bond donors (Lipinski definition) is 0. The summed E-state index contributed by atoms with van der Waals surface area (Å²) in [5, 5.41) is 0. The van der Waals surface area contributed by atoms with Crippen LogP contribution in [-0.2, 0) is 23.8 Å².